The van der Waals surface area contributed by atoms with Crippen molar-refractivity contribution >= 4 is 7.75 Å². The first-order valence-electron chi connectivity index (χ1n) is 7.09. The van der Waals surface area contributed by atoms with Gasteiger partial charge in [0.15, 0.2) is 0 Å². The molecule has 5 nitrogen and oxygen atoms in total. The van der Waals surface area contributed by atoms with Crippen molar-refractivity contribution in [2.24, 2.45) is 0 Å². The second-order valence-corrected chi connectivity index (χ2v) is 8.48. The maximum atomic E-state index is 12.0. The van der Waals surface area contributed by atoms with Crippen molar-refractivity contribution in [1.82, 2.24) is 5.09 Å². The maximum absolute atomic E-state index is 12.0. The van der Waals surface area contributed by atoms with Gasteiger partial charge < -0.3 is 13.9 Å². The first kappa shape index (κ1) is 18.3. The molecule has 0 aromatic heterocycles. The van der Waals surface area contributed by atoms with Crippen molar-refractivity contribution in [2.45, 2.75) is 25.8 Å². The van der Waals surface area contributed by atoms with Crippen LogP contribution in [0.15, 0.2) is 30.3 Å². The minimum atomic E-state index is -4.05. The summed E-state index contributed by atoms with van der Waals surface area (Å²) >= 11 is 0. The quantitative estimate of drug-likeness (QED) is 0.587. The summed E-state index contributed by atoms with van der Waals surface area (Å²) in [5, 5.41) is 2.64. The highest BCUT2D eigenvalue weighted by Gasteiger charge is 2.24. The summed E-state index contributed by atoms with van der Waals surface area (Å²) in [6.07, 6.45) is 0.610. The van der Waals surface area contributed by atoms with Gasteiger partial charge in [-0.05, 0) is 25.8 Å². The molecule has 0 aliphatic heterocycles. The van der Waals surface area contributed by atoms with E-state index >= 15 is 0 Å². The zero-order chi connectivity index (χ0) is 16.1. The lowest BCUT2D eigenvalue weighted by atomic mass is 9.96. The average molecular weight is 314 g/mol. The van der Waals surface area contributed by atoms with Crippen LogP contribution in [0.4, 0.5) is 0 Å². The summed E-state index contributed by atoms with van der Waals surface area (Å²) in [5.41, 5.74) is 0.497. The molecule has 1 N–H and O–H groups in total. The van der Waals surface area contributed by atoms with Gasteiger partial charge in [-0.2, -0.15) is 0 Å². The lowest BCUT2D eigenvalue weighted by Crippen LogP contribution is -2.43. The molecule has 0 bridgehead atoms. The molecule has 1 atom stereocenters. The molecule has 0 spiro atoms. The Balaban J connectivity index is 2.54. The predicted molar refractivity (Wildman–Crippen MR) is 83.8 cm³/mol. The Bertz CT molecular complexity index is 483. The summed E-state index contributed by atoms with van der Waals surface area (Å²) in [4.78, 5) is 12.0. The highest BCUT2D eigenvalue weighted by Crippen LogP contribution is 2.35. The van der Waals surface area contributed by atoms with Crippen molar-refractivity contribution in [3.63, 3.8) is 0 Å². The normalized spacial score (nSPS) is 15.7. The maximum Gasteiger partial charge on any atom is 0.205 e. The number of nitrogens with zero attached hydrogens (tertiary/aromatic N) is 1. The average Bonchev–Trinajstić information content (AvgIpc) is 2.25. The predicted octanol–water partition coefficient (Wildman–Crippen LogP) is 1.79. The van der Waals surface area contributed by atoms with Crippen LogP contribution < -0.4 is 9.98 Å². The molecule has 0 aliphatic carbocycles. The van der Waals surface area contributed by atoms with Crippen LogP contribution in [0.1, 0.15) is 19.4 Å². The second kappa shape index (κ2) is 7.03. The Morgan fingerprint density at radius 1 is 1.24 bits per heavy atom. The summed E-state index contributed by atoms with van der Waals surface area (Å²) in [5.74, 6) is 0. The summed E-state index contributed by atoms with van der Waals surface area (Å²) in [6, 6.07) is 9.80. The SMILES string of the molecule is CC(C)(Cc1ccccc1)NP(=O)([O-])OCC[N+](C)(C)C. The molecule has 1 aromatic rings. The monoisotopic (exact) mass is 314 g/mol. The van der Waals surface area contributed by atoms with Gasteiger partial charge in [0.2, 0.25) is 7.75 Å². The van der Waals surface area contributed by atoms with E-state index in [0.717, 1.165) is 5.56 Å². The summed E-state index contributed by atoms with van der Waals surface area (Å²) in [7, 11) is 1.93. The van der Waals surface area contributed by atoms with E-state index in [1.54, 1.807) is 0 Å². The molecule has 0 saturated carbocycles. The van der Waals surface area contributed by atoms with Crippen LogP contribution in [0.5, 0.6) is 0 Å². The Kier molecular flexibility index (Phi) is 6.14. The van der Waals surface area contributed by atoms with Crippen LogP contribution in [0.25, 0.3) is 0 Å². The number of hydrogen-bond donors (Lipinski definition) is 1. The zero-order valence-electron chi connectivity index (χ0n) is 13.6. The molecule has 0 radical (unpaired) electrons. The Hall–Kier alpha value is -0.710. The van der Waals surface area contributed by atoms with E-state index in [1.165, 1.54) is 0 Å². The molecule has 0 amide bonds. The van der Waals surface area contributed by atoms with E-state index in [2.05, 4.69) is 5.09 Å². The van der Waals surface area contributed by atoms with Gasteiger partial charge in [0.05, 0.1) is 21.1 Å². The molecule has 6 heteroatoms. The summed E-state index contributed by atoms with van der Waals surface area (Å²) < 4.78 is 17.7. The van der Waals surface area contributed by atoms with Crippen molar-refractivity contribution in [2.75, 3.05) is 34.3 Å². The first-order chi connectivity index (χ1) is 9.49. The van der Waals surface area contributed by atoms with E-state index in [9.17, 15) is 9.46 Å². The van der Waals surface area contributed by atoms with Crippen LogP contribution in [-0.2, 0) is 15.5 Å². The van der Waals surface area contributed by atoms with Gasteiger partial charge in [0.25, 0.3) is 0 Å². The van der Waals surface area contributed by atoms with E-state index in [0.29, 0.717) is 17.4 Å². The Labute approximate surface area is 128 Å². The van der Waals surface area contributed by atoms with Gasteiger partial charge >= 0.3 is 0 Å². The molecular weight excluding hydrogens is 287 g/mol. The topological polar surface area (TPSA) is 61.4 Å². The number of rotatable bonds is 8. The second-order valence-electron chi connectivity index (χ2n) is 7.00. The number of nitrogens with one attached hydrogen (secondary N) is 1. The third kappa shape index (κ3) is 8.34. The first-order valence-corrected chi connectivity index (χ1v) is 8.63. The standard InChI is InChI=1S/C15H27N2O3P/c1-15(2,13-14-9-7-6-8-10-14)16-21(18,19)20-12-11-17(3,4)5/h6-10H,11-13H2,1-5H3,(H-,16,18,19). The third-order valence-corrected chi connectivity index (χ3v) is 4.35. The van der Waals surface area contributed by atoms with Crippen LogP contribution in [0.2, 0.25) is 0 Å². The molecule has 0 fully saturated rings. The largest absolute Gasteiger partial charge is 0.766 e. The number of benzene rings is 1. The minimum absolute atomic E-state index is 0.179. The van der Waals surface area contributed by atoms with Crippen LogP contribution in [0, 0.1) is 0 Å². The Morgan fingerprint density at radius 2 is 1.81 bits per heavy atom. The molecule has 1 aromatic carbocycles. The highest BCUT2D eigenvalue weighted by atomic mass is 31.2. The number of hydrogen-bond acceptors (Lipinski definition) is 3. The molecule has 0 heterocycles. The molecule has 0 aliphatic rings. The Morgan fingerprint density at radius 3 is 2.33 bits per heavy atom. The van der Waals surface area contributed by atoms with Gasteiger partial charge in [0.1, 0.15) is 13.2 Å². The molecule has 0 saturated heterocycles. The van der Waals surface area contributed by atoms with Crippen molar-refractivity contribution in [3.05, 3.63) is 35.9 Å². The molecule has 1 rings (SSSR count). The zero-order valence-corrected chi connectivity index (χ0v) is 14.5. The van der Waals surface area contributed by atoms with Crippen molar-refractivity contribution in [1.29, 1.82) is 0 Å². The number of likely N-dealkylation sites (N-methyl/N-ethyl adjacent to an activating group) is 1. The molecule has 120 valence electrons. The van der Waals surface area contributed by atoms with Gasteiger partial charge in [-0.15, -0.1) is 0 Å². The van der Waals surface area contributed by atoms with Crippen LogP contribution >= 0.6 is 7.75 Å². The molecular formula is C15H27N2O3P. The van der Waals surface area contributed by atoms with E-state index in [4.69, 9.17) is 4.52 Å². The fourth-order valence-electron chi connectivity index (χ4n) is 1.98. The van der Waals surface area contributed by atoms with E-state index in [-0.39, 0.29) is 6.61 Å². The van der Waals surface area contributed by atoms with Gasteiger partial charge in [-0.25, -0.2) is 0 Å². The van der Waals surface area contributed by atoms with Gasteiger partial charge in [-0.1, -0.05) is 30.3 Å². The van der Waals surface area contributed by atoms with E-state index < -0.39 is 13.3 Å². The summed E-state index contributed by atoms with van der Waals surface area (Å²) in [6.45, 7) is 4.52. The third-order valence-electron chi connectivity index (χ3n) is 2.95. The van der Waals surface area contributed by atoms with Crippen LogP contribution in [-0.4, -0.2) is 44.3 Å². The van der Waals surface area contributed by atoms with Gasteiger partial charge in [0, 0.05) is 5.54 Å². The smallest absolute Gasteiger partial charge is 0.205 e. The lowest BCUT2D eigenvalue weighted by Gasteiger charge is -2.35. The van der Waals surface area contributed by atoms with Gasteiger partial charge in [-0.3, -0.25) is 9.65 Å². The fraction of sp³-hybridized carbons (Fsp3) is 0.600. The minimum Gasteiger partial charge on any atom is -0.766 e. The fourth-order valence-corrected chi connectivity index (χ4v) is 3.19. The molecule has 1 unspecified atom stereocenters. The van der Waals surface area contributed by atoms with Crippen molar-refractivity contribution in [3.8, 4) is 0 Å². The number of quaternary nitrogens is 1. The lowest BCUT2D eigenvalue weighted by molar-refractivity contribution is -0.870. The van der Waals surface area contributed by atoms with Crippen LogP contribution in [0.3, 0.4) is 0 Å². The highest BCUT2D eigenvalue weighted by molar-refractivity contribution is 7.49. The van der Waals surface area contributed by atoms with Crippen molar-refractivity contribution < 1.29 is 18.5 Å². The molecule has 21 heavy (non-hydrogen) atoms. The van der Waals surface area contributed by atoms with E-state index in [1.807, 2.05) is 65.3 Å².